The van der Waals surface area contributed by atoms with Crippen molar-refractivity contribution in [2.24, 2.45) is 0 Å². The van der Waals surface area contributed by atoms with Crippen LogP contribution in [0.5, 0.6) is 11.5 Å². The van der Waals surface area contributed by atoms with Gasteiger partial charge in [-0.1, -0.05) is 86.8 Å². The van der Waals surface area contributed by atoms with E-state index in [9.17, 15) is 19.8 Å². The van der Waals surface area contributed by atoms with Crippen molar-refractivity contribution in [1.29, 1.82) is 0 Å². The van der Waals surface area contributed by atoms with Gasteiger partial charge in [0.05, 0.1) is 5.56 Å². The summed E-state index contributed by atoms with van der Waals surface area (Å²) in [6, 6.07) is 18.6. The number of unbranched alkanes of at least 4 members (excludes halogenated alkanes) is 3. The molecule has 0 amide bonds. The number of hydrogen-bond acceptors (Lipinski definition) is 4. The topological polar surface area (TPSA) is 74.6 Å². The van der Waals surface area contributed by atoms with Gasteiger partial charge in [0.25, 0.3) is 0 Å². The van der Waals surface area contributed by atoms with Gasteiger partial charge in [0.2, 0.25) is 5.78 Å². The molecule has 0 spiro atoms. The first kappa shape index (κ1) is 21.3. The third-order valence-corrected chi connectivity index (χ3v) is 5.19. The summed E-state index contributed by atoms with van der Waals surface area (Å²) in [7, 11) is 0. The molecule has 0 saturated carbocycles. The Labute approximate surface area is 176 Å². The lowest BCUT2D eigenvalue weighted by atomic mass is 9.90. The molecule has 3 aromatic rings. The van der Waals surface area contributed by atoms with Crippen LogP contribution in [0.1, 0.15) is 70.0 Å². The standard InChI is InChI=1S/C26H26O4/c1-2-3-4-7-16-20-17-21(23(27)18-12-8-5-9-13-18)26(30)22(25(20)29)24(28)19-14-10-6-11-15-19/h5-6,8-15,17,29-30H,2-4,7,16H2,1H3. The molecule has 0 fully saturated rings. The number of aromatic hydroxyl groups is 2. The molecule has 0 aliphatic rings. The van der Waals surface area contributed by atoms with Crippen LogP contribution < -0.4 is 0 Å². The number of carbonyl (C=O) groups is 2. The van der Waals surface area contributed by atoms with Gasteiger partial charge >= 0.3 is 0 Å². The lowest BCUT2D eigenvalue weighted by Gasteiger charge is -2.15. The number of carbonyl (C=O) groups excluding carboxylic acids is 2. The molecule has 3 aromatic carbocycles. The maximum atomic E-state index is 13.1. The molecule has 0 heterocycles. The van der Waals surface area contributed by atoms with Crippen LogP contribution in [0.4, 0.5) is 0 Å². The van der Waals surface area contributed by atoms with Crippen molar-refractivity contribution in [3.63, 3.8) is 0 Å². The molecule has 4 heteroatoms. The van der Waals surface area contributed by atoms with Gasteiger partial charge in [-0.25, -0.2) is 0 Å². The third-order valence-electron chi connectivity index (χ3n) is 5.19. The predicted octanol–water partition coefficient (Wildman–Crippen LogP) is 5.68. The van der Waals surface area contributed by atoms with Crippen LogP contribution in [-0.4, -0.2) is 21.8 Å². The maximum absolute atomic E-state index is 13.1. The first-order valence-corrected chi connectivity index (χ1v) is 10.3. The third kappa shape index (κ3) is 4.60. The number of rotatable bonds is 9. The highest BCUT2D eigenvalue weighted by Crippen LogP contribution is 2.37. The molecule has 2 N–H and O–H groups in total. The number of phenolic OH excluding ortho intramolecular Hbond substituents is 2. The number of ketones is 2. The fourth-order valence-corrected chi connectivity index (χ4v) is 3.52. The Balaban J connectivity index is 2.10. The fraction of sp³-hybridized carbons (Fsp3) is 0.231. The zero-order valence-electron chi connectivity index (χ0n) is 17.1. The molecule has 0 aliphatic heterocycles. The molecule has 0 unspecified atom stereocenters. The van der Waals surface area contributed by atoms with Crippen molar-refractivity contribution in [3.8, 4) is 11.5 Å². The van der Waals surface area contributed by atoms with E-state index in [1.54, 1.807) is 60.7 Å². The van der Waals surface area contributed by atoms with Gasteiger partial charge < -0.3 is 10.2 Å². The smallest absolute Gasteiger partial charge is 0.200 e. The van der Waals surface area contributed by atoms with E-state index in [4.69, 9.17) is 0 Å². The molecule has 30 heavy (non-hydrogen) atoms. The van der Waals surface area contributed by atoms with Gasteiger partial charge in [-0.2, -0.15) is 0 Å². The lowest BCUT2D eigenvalue weighted by Crippen LogP contribution is -2.09. The first-order chi connectivity index (χ1) is 14.5. The van der Waals surface area contributed by atoms with Gasteiger partial charge in [0.15, 0.2) is 5.78 Å². The molecule has 0 aromatic heterocycles. The van der Waals surface area contributed by atoms with E-state index in [1.807, 2.05) is 0 Å². The monoisotopic (exact) mass is 402 g/mol. The van der Waals surface area contributed by atoms with Gasteiger partial charge in [0, 0.05) is 11.1 Å². The first-order valence-electron chi connectivity index (χ1n) is 10.3. The van der Waals surface area contributed by atoms with Crippen molar-refractivity contribution < 1.29 is 19.8 Å². The lowest BCUT2D eigenvalue weighted by molar-refractivity contribution is 0.103. The number of hydrogen-bond donors (Lipinski definition) is 2. The van der Waals surface area contributed by atoms with Crippen molar-refractivity contribution in [3.05, 3.63) is 94.5 Å². The second-order valence-electron chi connectivity index (χ2n) is 7.36. The predicted molar refractivity (Wildman–Crippen MR) is 117 cm³/mol. The molecule has 0 saturated heterocycles. The van der Waals surface area contributed by atoms with E-state index in [0.29, 0.717) is 23.1 Å². The van der Waals surface area contributed by atoms with Crippen LogP contribution in [0.25, 0.3) is 0 Å². The summed E-state index contributed by atoms with van der Waals surface area (Å²) >= 11 is 0. The van der Waals surface area contributed by atoms with Crippen LogP contribution in [-0.2, 0) is 6.42 Å². The summed E-state index contributed by atoms with van der Waals surface area (Å²) in [5.41, 5.74) is 1.07. The van der Waals surface area contributed by atoms with Crippen LogP contribution in [0.15, 0.2) is 66.7 Å². The SMILES string of the molecule is CCCCCCc1cc(C(=O)c2ccccc2)c(O)c(C(=O)c2ccccc2)c1O. The Morgan fingerprint density at radius 1 is 0.733 bits per heavy atom. The second kappa shape index (κ2) is 9.88. The van der Waals surface area contributed by atoms with Crippen LogP contribution in [0.3, 0.4) is 0 Å². The fourth-order valence-electron chi connectivity index (χ4n) is 3.52. The van der Waals surface area contributed by atoms with Crippen LogP contribution in [0.2, 0.25) is 0 Å². The van der Waals surface area contributed by atoms with E-state index in [0.717, 1.165) is 25.7 Å². The Morgan fingerprint density at radius 3 is 1.87 bits per heavy atom. The minimum atomic E-state index is -0.511. The molecular weight excluding hydrogens is 376 g/mol. The van der Waals surface area contributed by atoms with E-state index < -0.39 is 11.5 Å². The Kier molecular flexibility index (Phi) is 7.02. The van der Waals surface area contributed by atoms with Crippen molar-refractivity contribution >= 4 is 11.6 Å². The summed E-state index contributed by atoms with van der Waals surface area (Å²) in [5, 5.41) is 21.7. The highest BCUT2D eigenvalue weighted by Gasteiger charge is 2.27. The minimum Gasteiger partial charge on any atom is -0.507 e. The van der Waals surface area contributed by atoms with Crippen molar-refractivity contribution in [2.75, 3.05) is 0 Å². The molecular formula is C26H26O4. The summed E-state index contributed by atoms with van der Waals surface area (Å²) in [6.07, 6.45) is 4.49. The molecule has 4 nitrogen and oxygen atoms in total. The van der Waals surface area contributed by atoms with E-state index in [1.165, 1.54) is 6.07 Å². The normalized spacial score (nSPS) is 10.7. The second-order valence-corrected chi connectivity index (χ2v) is 7.36. The summed E-state index contributed by atoms with van der Waals surface area (Å²) < 4.78 is 0. The Morgan fingerprint density at radius 2 is 1.30 bits per heavy atom. The van der Waals surface area contributed by atoms with Gasteiger partial charge in [0.1, 0.15) is 17.1 Å². The number of aryl methyl sites for hydroxylation is 1. The highest BCUT2D eigenvalue weighted by molar-refractivity contribution is 6.17. The molecule has 0 atom stereocenters. The van der Waals surface area contributed by atoms with Crippen molar-refractivity contribution in [2.45, 2.75) is 39.0 Å². The van der Waals surface area contributed by atoms with Gasteiger partial charge in [-0.3, -0.25) is 9.59 Å². The average Bonchev–Trinajstić information content (AvgIpc) is 2.78. The van der Waals surface area contributed by atoms with Crippen molar-refractivity contribution in [1.82, 2.24) is 0 Å². The van der Waals surface area contributed by atoms with Crippen LogP contribution in [0, 0.1) is 0 Å². The molecule has 154 valence electrons. The van der Waals surface area contributed by atoms with Gasteiger partial charge in [-0.05, 0) is 24.5 Å². The Bertz CT molecular complexity index is 1020. The molecule has 3 rings (SSSR count). The van der Waals surface area contributed by atoms with Gasteiger partial charge in [-0.15, -0.1) is 0 Å². The minimum absolute atomic E-state index is 0.0313. The Hall–Kier alpha value is -3.40. The summed E-state index contributed by atoms with van der Waals surface area (Å²) in [4.78, 5) is 26.2. The summed E-state index contributed by atoms with van der Waals surface area (Å²) in [5.74, 6) is -1.62. The zero-order chi connectivity index (χ0) is 21.5. The molecule has 0 aliphatic carbocycles. The summed E-state index contributed by atoms with van der Waals surface area (Å²) in [6.45, 7) is 2.12. The maximum Gasteiger partial charge on any atom is 0.200 e. The molecule has 0 radical (unpaired) electrons. The largest absolute Gasteiger partial charge is 0.507 e. The van der Waals surface area contributed by atoms with E-state index in [-0.39, 0.29) is 22.7 Å². The van der Waals surface area contributed by atoms with E-state index in [2.05, 4.69) is 6.92 Å². The average molecular weight is 402 g/mol. The van der Waals surface area contributed by atoms with E-state index >= 15 is 0 Å². The number of benzene rings is 3. The highest BCUT2D eigenvalue weighted by atomic mass is 16.3. The molecule has 0 bridgehead atoms. The quantitative estimate of drug-likeness (QED) is 0.356. The number of phenols is 2. The zero-order valence-corrected chi connectivity index (χ0v) is 17.1. The van der Waals surface area contributed by atoms with Crippen LogP contribution >= 0.6 is 0 Å².